The maximum absolute atomic E-state index is 12.9. The Morgan fingerprint density at radius 1 is 0.958 bits per heavy atom. The lowest BCUT2D eigenvalue weighted by Crippen LogP contribution is -2.11. The number of rotatable bonds is 8. The van der Waals surface area contributed by atoms with E-state index >= 15 is 0 Å². The van der Waals surface area contributed by atoms with E-state index in [4.69, 9.17) is 9.92 Å². The van der Waals surface area contributed by atoms with Crippen LogP contribution in [0.1, 0.15) is 19.3 Å². The molecular weight excluding hydrogens is 333 g/mol. The van der Waals surface area contributed by atoms with Gasteiger partial charge in [-0.25, -0.2) is 4.39 Å². The second-order valence-corrected chi connectivity index (χ2v) is 6.85. The van der Waals surface area contributed by atoms with Gasteiger partial charge in [0, 0.05) is 6.42 Å². The molecule has 0 heterocycles. The Morgan fingerprint density at radius 3 is 2.04 bits per heavy atom. The summed E-state index contributed by atoms with van der Waals surface area (Å²) in [5.41, 5.74) is 6.56. The molecule has 0 saturated carbocycles. The Morgan fingerprint density at radius 2 is 1.50 bits per heavy atom. The van der Waals surface area contributed by atoms with Gasteiger partial charge in [0.25, 0.3) is 10.1 Å². The van der Waals surface area contributed by atoms with E-state index in [2.05, 4.69) is 0 Å². The summed E-state index contributed by atoms with van der Waals surface area (Å²) in [6, 6.07) is 12.1. The van der Waals surface area contributed by atoms with E-state index in [1.165, 1.54) is 24.3 Å². The molecule has 2 rings (SSSR count). The molecule has 1 amide bonds. The summed E-state index contributed by atoms with van der Waals surface area (Å²) in [6.07, 6.45) is 1.11. The molecule has 7 heteroatoms. The minimum atomic E-state index is -3.84. The average Bonchev–Trinajstić information content (AvgIpc) is 2.55. The van der Waals surface area contributed by atoms with Crippen LogP contribution >= 0.6 is 0 Å². The molecule has 2 aromatic carbocycles. The highest BCUT2D eigenvalue weighted by atomic mass is 32.2. The van der Waals surface area contributed by atoms with Crippen LogP contribution < -0.4 is 5.73 Å². The van der Waals surface area contributed by atoms with E-state index in [9.17, 15) is 17.6 Å². The largest absolute Gasteiger partial charge is 0.370 e. The Labute approximate surface area is 140 Å². The average molecular weight is 351 g/mol. The fraction of sp³-hybridized carbons (Fsp3) is 0.235. The highest BCUT2D eigenvalue weighted by Gasteiger charge is 2.15. The molecule has 24 heavy (non-hydrogen) atoms. The predicted molar refractivity (Wildman–Crippen MR) is 88.0 cm³/mol. The molecule has 0 aliphatic heterocycles. The fourth-order valence-corrected chi connectivity index (χ4v) is 3.04. The van der Waals surface area contributed by atoms with E-state index < -0.39 is 16.0 Å². The number of amides is 1. The Hall–Kier alpha value is -2.25. The summed E-state index contributed by atoms with van der Waals surface area (Å²) in [6.45, 7) is -0.00464. The van der Waals surface area contributed by atoms with Crippen molar-refractivity contribution >= 4 is 16.0 Å². The van der Waals surface area contributed by atoms with Gasteiger partial charge < -0.3 is 5.73 Å². The van der Waals surface area contributed by atoms with Gasteiger partial charge in [0.15, 0.2) is 0 Å². The zero-order chi connectivity index (χ0) is 17.6. The van der Waals surface area contributed by atoms with Crippen LogP contribution in [-0.2, 0) is 19.1 Å². The number of benzene rings is 2. The molecule has 0 atom stereocenters. The third-order valence-electron chi connectivity index (χ3n) is 3.38. The number of primary amides is 1. The maximum atomic E-state index is 12.9. The van der Waals surface area contributed by atoms with Crippen molar-refractivity contribution in [3.8, 4) is 11.1 Å². The van der Waals surface area contributed by atoms with Gasteiger partial charge >= 0.3 is 0 Å². The van der Waals surface area contributed by atoms with Crippen molar-refractivity contribution < 1.29 is 21.8 Å². The lowest BCUT2D eigenvalue weighted by Gasteiger charge is -2.07. The monoisotopic (exact) mass is 351 g/mol. The maximum Gasteiger partial charge on any atom is 0.296 e. The lowest BCUT2D eigenvalue weighted by molar-refractivity contribution is -0.118. The van der Waals surface area contributed by atoms with Gasteiger partial charge in [-0.05, 0) is 48.2 Å². The summed E-state index contributed by atoms with van der Waals surface area (Å²) in [5, 5.41) is 0. The molecule has 0 saturated heterocycles. The van der Waals surface area contributed by atoms with Crippen molar-refractivity contribution in [2.75, 3.05) is 6.61 Å². The highest BCUT2D eigenvalue weighted by Crippen LogP contribution is 2.22. The summed E-state index contributed by atoms with van der Waals surface area (Å²) < 4.78 is 42.0. The van der Waals surface area contributed by atoms with Gasteiger partial charge in [0.05, 0.1) is 11.5 Å². The van der Waals surface area contributed by atoms with E-state index in [0.717, 1.165) is 11.1 Å². The van der Waals surface area contributed by atoms with E-state index in [1.807, 2.05) is 0 Å². The van der Waals surface area contributed by atoms with Crippen molar-refractivity contribution in [3.05, 3.63) is 54.3 Å². The summed E-state index contributed by atoms with van der Waals surface area (Å²) in [7, 11) is -3.84. The van der Waals surface area contributed by atoms with Crippen LogP contribution in [0.5, 0.6) is 0 Å². The molecular formula is C17H18FNO4S. The fourth-order valence-electron chi connectivity index (χ4n) is 2.09. The summed E-state index contributed by atoms with van der Waals surface area (Å²) in [5.74, 6) is -0.753. The normalized spacial score (nSPS) is 11.4. The molecule has 0 aliphatic rings. The molecule has 0 unspecified atom stereocenters. The lowest BCUT2D eigenvalue weighted by atomic mass is 10.1. The summed E-state index contributed by atoms with van der Waals surface area (Å²) >= 11 is 0. The van der Waals surface area contributed by atoms with Gasteiger partial charge in [-0.2, -0.15) is 8.42 Å². The SMILES string of the molecule is NC(=O)CCCCOS(=O)(=O)c1ccc(-c2ccc(F)cc2)cc1. The van der Waals surface area contributed by atoms with Gasteiger partial charge in [0.2, 0.25) is 5.91 Å². The van der Waals surface area contributed by atoms with Crippen LogP contribution in [-0.4, -0.2) is 20.9 Å². The van der Waals surface area contributed by atoms with E-state index in [1.54, 1.807) is 24.3 Å². The van der Waals surface area contributed by atoms with Gasteiger partial charge in [-0.15, -0.1) is 0 Å². The Balaban J connectivity index is 1.98. The van der Waals surface area contributed by atoms with Crippen LogP contribution in [0.15, 0.2) is 53.4 Å². The van der Waals surface area contributed by atoms with Gasteiger partial charge in [-0.3, -0.25) is 8.98 Å². The summed E-state index contributed by atoms with van der Waals surface area (Å²) in [4.78, 5) is 10.6. The molecule has 0 fully saturated rings. The first kappa shape index (κ1) is 18.1. The van der Waals surface area contributed by atoms with Crippen LogP contribution in [0.4, 0.5) is 4.39 Å². The van der Waals surface area contributed by atoms with Crippen molar-refractivity contribution in [2.45, 2.75) is 24.2 Å². The first-order valence-corrected chi connectivity index (χ1v) is 8.83. The van der Waals surface area contributed by atoms with Crippen LogP contribution in [0, 0.1) is 5.82 Å². The quantitative estimate of drug-likeness (QED) is 0.585. The number of unbranched alkanes of at least 4 members (excludes halogenated alkanes) is 1. The van der Waals surface area contributed by atoms with Crippen LogP contribution in [0.25, 0.3) is 11.1 Å². The molecule has 0 radical (unpaired) electrons. The first-order valence-electron chi connectivity index (χ1n) is 7.42. The number of carbonyl (C=O) groups excluding carboxylic acids is 1. The van der Waals surface area contributed by atoms with Gasteiger partial charge in [-0.1, -0.05) is 24.3 Å². The molecule has 128 valence electrons. The Kier molecular flexibility index (Phi) is 6.05. The van der Waals surface area contributed by atoms with Gasteiger partial charge in [0.1, 0.15) is 5.82 Å². The molecule has 0 bridgehead atoms. The second kappa shape index (κ2) is 8.03. The first-order chi connectivity index (χ1) is 11.4. The molecule has 0 aromatic heterocycles. The van der Waals surface area contributed by atoms with Crippen molar-refractivity contribution in [2.24, 2.45) is 5.73 Å². The molecule has 2 aromatic rings. The van der Waals surface area contributed by atoms with Crippen molar-refractivity contribution in [1.82, 2.24) is 0 Å². The van der Waals surface area contributed by atoms with E-state index in [-0.39, 0.29) is 23.7 Å². The minimum Gasteiger partial charge on any atom is -0.370 e. The molecule has 5 nitrogen and oxygen atoms in total. The number of halogens is 1. The third kappa shape index (κ3) is 5.14. The van der Waals surface area contributed by atoms with Crippen molar-refractivity contribution in [3.63, 3.8) is 0 Å². The minimum absolute atomic E-state index is 0.00464. The number of nitrogens with two attached hydrogens (primary N) is 1. The standard InChI is InChI=1S/C17H18FNO4S/c18-15-8-4-13(5-9-15)14-6-10-16(11-7-14)24(21,22)23-12-2-1-3-17(19)20/h4-11H,1-3,12H2,(H2,19,20). The zero-order valence-corrected chi connectivity index (χ0v) is 13.8. The number of carbonyl (C=O) groups is 1. The van der Waals surface area contributed by atoms with E-state index in [0.29, 0.717) is 12.8 Å². The molecule has 0 spiro atoms. The van der Waals surface area contributed by atoms with Crippen molar-refractivity contribution in [1.29, 1.82) is 0 Å². The number of hydrogen-bond acceptors (Lipinski definition) is 4. The van der Waals surface area contributed by atoms with Crippen LogP contribution in [0.3, 0.4) is 0 Å². The molecule has 0 aliphatic carbocycles. The smallest absolute Gasteiger partial charge is 0.296 e. The zero-order valence-electron chi connectivity index (χ0n) is 12.9. The highest BCUT2D eigenvalue weighted by molar-refractivity contribution is 7.86. The second-order valence-electron chi connectivity index (χ2n) is 5.23. The topological polar surface area (TPSA) is 86.5 Å². The molecule has 2 N–H and O–H groups in total. The van der Waals surface area contributed by atoms with Crippen LogP contribution in [0.2, 0.25) is 0 Å². The predicted octanol–water partition coefficient (Wildman–Crippen LogP) is 2.85. The number of hydrogen-bond donors (Lipinski definition) is 1. The Bertz CT molecular complexity index is 786. The third-order valence-corrected chi connectivity index (χ3v) is 4.70.